The molecule has 0 fully saturated rings. The summed E-state index contributed by atoms with van der Waals surface area (Å²) in [5.41, 5.74) is 0. The summed E-state index contributed by atoms with van der Waals surface area (Å²) in [6.07, 6.45) is -4.22. The highest BCUT2D eigenvalue weighted by Crippen LogP contribution is 2.27. The van der Waals surface area contributed by atoms with E-state index in [-0.39, 0.29) is 6.42 Å². The Bertz CT molecular complexity index is 93.6. The van der Waals surface area contributed by atoms with E-state index in [1.165, 1.54) is 0 Å². The van der Waals surface area contributed by atoms with Crippen LogP contribution in [0.1, 0.15) is 12.8 Å². The minimum atomic E-state index is -3.81. The lowest BCUT2D eigenvalue weighted by atomic mass is 10.2. The van der Waals surface area contributed by atoms with Gasteiger partial charge < -0.3 is 0 Å². The van der Waals surface area contributed by atoms with E-state index in [0.717, 1.165) is 0 Å². The summed E-state index contributed by atoms with van der Waals surface area (Å²) in [4.78, 5) is 0. The summed E-state index contributed by atoms with van der Waals surface area (Å²) in [5, 5.41) is 0.329. The number of rotatable bonds is 4. The Kier molecular flexibility index (Phi) is 4.24. The molecule has 0 bridgehead atoms. The first-order chi connectivity index (χ1) is 4.50. The summed E-state index contributed by atoms with van der Waals surface area (Å²) in [7, 11) is 0. The molecule has 0 rings (SSSR count). The molecule has 0 aliphatic heterocycles. The largest absolute Gasteiger partial charge is 0.307 e. The van der Waals surface area contributed by atoms with Gasteiger partial charge in [-0.1, -0.05) is 15.9 Å². The summed E-state index contributed by atoms with van der Waals surface area (Å²) < 4.78 is 46.7. The van der Waals surface area contributed by atoms with Gasteiger partial charge in [-0.05, 0) is 6.42 Å². The van der Waals surface area contributed by atoms with Crippen LogP contribution in [-0.2, 0) is 0 Å². The van der Waals surface area contributed by atoms with Crippen molar-refractivity contribution in [3.05, 3.63) is 0 Å². The molecule has 0 aliphatic rings. The predicted octanol–water partition coefficient (Wildman–Crippen LogP) is 3.06. The van der Waals surface area contributed by atoms with Crippen molar-refractivity contribution in [2.45, 2.75) is 25.2 Å². The molecule has 0 spiro atoms. The molecule has 0 saturated carbocycles. The van der Waals surface area contributed by atoms with Gasteiger partial charge in [-0.3, -0.25) is 0 Å². The fourth-order valence-electron chi connectivity index (χ4n) is 0.412. The molecule has 0 nitrogen and oxygen atoms in total. The van der Waals surface area contributed by atoms with Gasteiger partial charge in [-0.25, -0.2) is 17.6 Å². The van der Waals surface area contributed by atoms with Crippen LogP contribution in [0.4, 0.5) is 17.6 Å². The Morgan fingerprint density at radius 3 is 2.10 bits per heavy atom. The van der Waals surface area contributed by atoms with E-state index in [2.05, 4.69) is 15.9 Å². The molecule has 0 aromatic rings. The van der Waals surface area contributed by atoms with Gasteiger partial charge in [0.15, 0.2) is 0 Å². The normalized spacial score (nSPS) is 12.6. The quantitative estimate of drug-likeness (QED) is 0.507. The van der Waals surface area contributed by atoms with Crippen molar-refractivity contribution in [3.63, 3.8) is 0 Å². The van der Waals surface area contributed by atoms with Gasteiger partial charge in [-0.15, -0.1) is 0 Å². The zero-order valence-electron chi connectivity index (χ0n) is 5.09. The van der Waals surface area contributed by atoms with Gasteiger partial charge in [0, 0.05) is 11.8 Å². The van der Waals surface area contributed by atoms with Crippen LogP contribution in [0.5, 0.6) is 0 Å². The first-order valence-corrected chi connectivity index (χ1v) is 3.85. The number of hydrogen-bond acceptors (Lipinski definition) is 0. The van der Waals surface area contributed by atoms with Crippen LogP contribution >= 0.6 is 15.9 Å². The van der Waals surface area contributed by atoms with Crippen molar-refractivity contribution >= 4 is 15.9 Å². The molecule has 0 radical (unpaired) electrons. The second kappa shape index (κ2) is 4.16. The van der Waals surface area contributed by atoms with Crippen molar-refractivity contribution < 1.29 is 17.6 Å². The Morgan fingerprint density at radius 1 is 1.30 bits per heavy atom. The fourth-order valence-corrected chi connectivity index (χ4v) is 0.692. The molecule has 5 heteroatoms. The molecule has 0 amide bonds. The van der Waals surface area contributed by atoms with Crippen LogP contribution < -0.4 is 0 Å². The maximum absolute atomic E-state index is 12.0. The minimum absolute atomic E-state index is 0.0668. The third-order valence-electron chi connectivity index (χ3n) is 0.963. The number of halogens is 5. The van der Waals surface area contributed by atoms with Gasteiger partial charge in [-0.2, -0.15) is 0 Å². The molecular formula is C5H7BrF4. The molecular weight excluding hydrogens is 216 g/mol. The van der Waals surface area contributed by atoms with E-state index >= 15 is 0 Å². The Hall–Kier alpha value is 0.200. The Morgan fingerprint density at radius 2 is 1.80 bits per heavy atom. The maximum Gasteiger partial charge on any atom is 0.307 e. The van der Waals surface area contributed by atoms with Gasteiger partial charge >= 0.3 is 12.3 Å². The highest BCUT2D eigenvalue weighted by atomic mass is 79.9. The summed E-state index contributed by atoms with van der Waals surface area (Å²) in [6, 6.07) is 0. The van der Waals surface area contributed by atoms with E-state index in [1.54, 1.807) is 0 Å². The van der Waals surface area contributed by atoms with Crippen LogP contribution in [0.2, 0.25) is 0 Å². The predicted molar refractivity (Wildman–Crippen MR) is 34.0 cm³/mol. The molecule has 0 aliphatic carbocycles. The van der Waals surface area contributed by atoms with E-state index in [9.17, 15) is 17.6 Å². The molecule has 62 valence electrons. The van der Waals surface area contributed by atoms with Crippen LogP contribution in [0, 0.1) is 0 Å². The topological polar surface area (TPSA) is 0 Å². The average Bonchev–Trinajstić information content (AvgIpc) is 1.84. The van der Waals surface area contributed by atoms with Gasteiger partial charge in [0.2, 0.25) is 0 Å². The SMILES string of the molecule is FC(F)C(F)(F)CCCBr. The van der Waals surface area contributed by atoms with Crippen molar-refractivity contribution in [2.24, 2.45) is 0 Å². The summed E-state index contributed by atoms with van der Waals surface area (Å²) >= 11 is 2.87. The van der Waals surface area contributed by atoms with Crippen LogP contribution in [0.15, 0.2) is 0 Å². The zero-order valence-corrected chi connectivity index (χ0v) is 6.67. The molecule has 0 atom stereocenters. The monoisotopic (exact) mass is 222 g/mol. The third-order valence-corrected chi connectivity index (χ3v) is 1.52. The summed E-state index contributed by atoms with van der Waals surface area (Å²) in [5.74, 6) is -3.81. The van der Waals surface area contributed by atoms with Crippen molar-refractivity contribution in [2.75, 3.05) is 5.33 Å². The minimum Gasteiger partial charge on any atom is -0.204 e. The fraction of sp³-hybridized carbons (Fsp3) is 1.00. The van der Waals surface area contributed by atoms with Gasteiger partial charge in [0.25, 0.3) is 0 Å². The van der Waals surface area contributed by atoms with Crippen LogP contribution in [0.25, 0.3) is 0 Å². The Balaban J connectivity index is 3.63. The highest BCUT2D eigenvalue weighted by molar-refractivity contribution is 9.09. The lowest BCUT2D eigenvalue weighted by molar-refractivity contribution is -0.132. The lowest BCUT2D eigenvalue weighted by Gasteiger charge is -2.13. The van der Waals surface area contributed by atoms with Gasteiger partial charge in [0.1, 0.15) is 0 Å². The molecule has 0 heterocycles. The Labute approximate surface area is 64.7 Å². The first kappa shape index (κ1) is 10.2. The molecule has 0 aromatic heterocycles. The molecule has 0 aromatic carbocycles. The second-order valence-corrected chi connectivity index (χ2v) is 2.65. The standard InChI is InChI=1S/C5H7BrF4/c6-3-1-2-5(9,10)4(7)8/h4H,1-3H2. The van der Waals surface area contributed by atoms with Crippen molar-refractivity contribution in [3.8, 4) is 0 Å². The number of hydrogen-bond donors (Lipinski definition) is 0. The van der Waals surface area contributed by atoms with E-state index in [4.69, 9.17) is 0 Å². The first-order valence-electron chi connectivity index (χ1n) is 2.72. The van der Waals surface area contributed by atoms with Crippen molar-refractivity contribution in [1.82, 2.24) is 0 Å². The van der Waals surface area contributed by atoms with E-state index in [0.29, 0.717) is 5.33 Å². The van der Waals surface area contributed by atoms with Gasteiger partial charge in [0.05, 0.1) is 0 Å². The highest BCUT2D eigenvalue weighted by Gasteiger charge is 2.39. The molecule has 0 unspecified atom stereocenters. The maximum atomic E-state index is 12.0. The lowest BCUT2D eigenvalue weighted by Crippen LogP contribution is -2.26. The van der Waals surface area contributed by atoms with Crippen LogP contribution in [-0.4, -0.2) is 17.7 Å². The van der Waals surface area contributed by atoms with E-state index < -0.39 is 18.8 Å². The summed E-state index contributed by atoms with van der Waals surface area (Å²) in [6.45, 7) is 0. The average molecular weight is 223 g/mol. The van der Waals surface area contributed by atoms with E-state index in [1.807, 2.05) is 0 Å². The second-order valence-electron chi connectivity index (χ2n) is 1.85. The smallest absolute Gasteiger partial charge is 0.204 e. The molecule has 0 saturated heterocycles. The third kappa shape index (κ3) is 3.39. The van der Waals surface area contributed by atoms with Crippen LogP contribution in [0.3, 0.4) is 0 Å². The van der Waals surface area contributed by atoms with Crippen molar-refractivity contribution in [1.29, 1.82) is 0 Å². The number of alkyl halides is 5. The molecule has 0 N–H and O–H groups in total. The molecule has 10 heavy (non-hydrogen) atoms. The zero-order chi connectivity index (χ0) is 8.20.